The first kappa shape index (κ1) is 20.3. The zero-order valence-corrected chi connectivity index (χ0v) is 15.6. The van der Waals surface area contributed by atoms with Gasteiger partial charge in [-0.15, -0.1) is 0 Å². The molecule has 0 spiro atoms. The molecule has 0 fully saturated rings. The van der Waals surface area contributed by atoms with Crippen molar-refractivity contribution < 1.29 is 23.9 Å². The lowest BCUT2D eigenvalue weighted by Crippen LogP contribution is -2.21. The van der Waals surface area contributed by atoms with E-state index in [9.17, 15) is 14.4 Å². The van der Waals surface area contributed by atoms with Crippen molar-refractivity contribution in [1.29, 1.82) is 0 Å². The number of hydrogen-bond acceptors (Lipinski definition) is 5. The molecule has 8 heteroatoms. The van der Waals surface area contributed by atoms with Crippen molar-refractivity contribution in [3.63, 3.8) is 0 Å². The third-order valence-electron chi connectivity index (χ3n) is 3.50. The van der Waals surface area contributed by atoms with Crippen LogP contribution in [0, 0.1) is 13.8 Å². The van der Waals surface area contributed by atoms with Crippen molar-refractivity contribution in [3.05, 3.63) is 58.1 Å². The number of nitrogens with one attached hydrogen (secondary N) is 1. The van der Waals surface area contributed by atoms with E-state index in [2.05, 4.69) is 5.32 Å². The van der Waals surface area contributed by atoms with Crippen LogP contribution in [0.5, 0.6) is 5.75 Å². The van der Waals surface area contributed by atoms with Crippen molar-refractivity contribution in [2.24, 2.45) is 5.73 Å². The van der Waals surface area contributed by atoms with Gasteiger partial charge in [-0.25, -0.2) is 4.79 Å². The van der Waals surface area contributed by atoms with Gasteiger partial charge in [-0.2, -0.15) is 0 Å². The van der Waals surface area contributed by atoms with Gasteiger partial charge in [0.2, 0.25) is 0 Å². The minimum absolute atomic E-state index is 0.235. The number of amides is 2. The zero-order chi connectivity index (χ0) is 20.0. The Kier molecular flexibility index (Phi) is 6.79. The molecule has 142 valence electrons. The first-order valence-electron chi connectivity index (χ1n) is 8.01. The smallest absolute Gasteiger partial charge is 0.338 e. The fraction of sp³-hybridized carbons (Fsp3) is 0.211. The van der Waals surface area contributed by atoms with Gasteiger partial charge in [0.25, 0.3) is 11.8 Å². The van der Waals surface area contributed by atoms with E-state index in [1.54, 1.807) is 6.07 Å². The molecule has 0 bridgehead atoms. The maximum absolute atomic E-state index is 12.0. The SMILES string of the molecule is Cc1cc(C)c(NC(=O)COC(=O)c2ccc(OCC(N)=O)cc2)c(Cl)c1. The van der Waals surface area contributed by atoms with E-state index in [1.165, 1.54) is 24.3 Å². The van der Waals surface area contributed by atoms with Gasteiger partial charge in [-0.05, 0) is 55.3 Å². The van der Waals surface area contributed by atoms with Gasteiger partial charge in [0, 0.05) is 0 Å². The van der Waals surface area contributed by atoms with Crippen LogP contribution in [0.4, 0.5) is 5.69 Å². The largest absolute Gasteiger partial charge is 0.484 e. The molecular formula is C19H19ClN2O5. The number of carbonyl (C=O) groups excluding carboxylic acids is 3. The molecule has 0 aliphatic heterocycles. The van der Waals surface area contributed by atoms with E-state index in [0.29, 0.717) is 16.5 Å². The van der Waals surface area contributed by atoms with Crippen LogP contribution in [-0.2, 0) is 14.3 Å². The summed E-state index contributed by atoms with van der Waals surface area (Å²) in [6, 6.07) is 9.52. The molecule has 0 aliphatic rings. The summed E-state index contributed by atoms with van der Waals surface area (Å²) >= 11 is 6.13. The topological polar surface area (TPSA) is 108 Å². The Hall–Kier alpha value is -3.06. The third kappa shape index (κ3) is 6.00. The summed E-state index contributed by atoms with van der Waals surface area (Å²) < 4.78 is 10.1. The number of nitrogens with two attached hydrogens (primary N) is 1. The fourth-order valence-corrected chi connectivity index (χ4v) is 2.67. The monoisotopic (exact) mass is 390 g/mol. The van der Waals surface area contributed by atoms with Crippen molar-refractivity contribution in [2.75, 3.05) is 18.5 Å². The minimum Gasteiger partial charge on any atom is -0.484 e. The van der Waals surface area contributed by atoms with E-state index >= 15 is 0 Å². The van der Waals surface area contributed by atoms with Gasteiger partial charge in [-0.3, -0.25) is 9.59 Å². The van der Waals surface area contributed by atoms with E-state index < -0.39 is 24.4 Å². The molecule has 0 heterocycles. The van der Waals surface area contributed by atoms with Crippen molar-refractivity contribution in [3.8, 4) is 5.75 Å². The summed E-state index contributed by atoms with van der Waals surface area (Å²) in [7, 11) is 0. The first-order chi connectivity index (χ1) is 12.8. The first-order valence-corrected chi connectivity index (χ1v) is 8.39. The van der Waals surface area contributed by atoms with Crippen LogP contribution in [0.15, 0.2) is 36.4 Å². The Morgan fingerprint density at radius 1 is 1.07 bits per heavy atom. The van der Waals surface area contributed by atoms with Crippen LogP contribution in [0.3, 0.4) is 0 Å². The predicted octanol–water partition coefficient (Wildman–Crippen LogP) is 2.62. The summed E-state index contributed by atoms with van der Waals surface area (Å²) in [6.07, 6.45) is 0. The second-order valence-corrected chi connectivity index (χ2v) is 6.25. The molecule has 0 aliphatic carbocycles. The number of ether oxygens (including phenoxy) is 2. The molecule has 2 aromatic carbocycles. The number of halogens is 1. The molecule has 27 heavy (non-hydrogen) atoms. The molecule has 3 N–H and O–H groups in total. The predicted molar refractivity (Wildman–Crippen MR) is 101 cm³/mol. The number of benzene rings is 2. The van der Waals surface area contributed by atoms with Crippen LogP contribution in [0.1, 0.15) is 21.5 Å². The highest BCUT2D eigenvalue weighted by atomic mass is 35.5. The number of primary amides is 1. The van der Waals surface area contributed by atoms with E-state index in [-0.39, 0.29) is 12.2 Å². The number of esters is 1. The maximum Gasteiger partial charge on any atom is 0.338 e. The number of aryl methyl sites for hydroxylation is 2. The molecule has 0 aromatic heterocycles. The lowest BCUT2D eigenvalue weighted by molar-refractivity contribution is -0.120. The molecule has 0 radical (unpaired) electrons. The van der Waals surface area contributed by atoms with Crippen molar-refractivity contribution in [1.82, 2.24) is 0 Å². The summed E-state index contributed by atoms with van der Waals surface area (Å²) in [4.78, 5) is 34.7. The van der Waals surface area contributed by atoms with Crippen LogP contribution >= 0.6 is 11.6 Å². The van der Waals surface area contributed by atoms with Gasteiger partial charge in [0.15, 0.2) is 13.2 Å². The normalized spacial score (nSPS) is 10.2. The molecule has 0 atom stereocenters. The fourth-order valence-electron chi connectivity index (χ4n) is 2.31. The minimum atomic E-state index is -0.668. The second-order valence-electron chi connectivity index (χ2n) is 5.84. The van der Waals surface area contributed by atoms with E-state index in [4.69, 9.17) is 26.8 Å². The Labute approximate surface area is 161 Å². The molecule has 2 rings (SSSR count). The highest BCUT2D eigenvalue weighted by molar-refractivity contribution is 6.34. The standard InChI is InChI=1S/C19H19ClN2O5/c1-11-7-12(2)18(15(20)8-11)22-17(24)10-27-19(25)13-3-5-14(6-4-13)26-9-16(21)23/h3-8H,9-10H2,1-2H3,(H2,21,23)(H,22,24). The number of rotatable bonds is 7. The molecule has 0 saturated carbocycles. The molecule has 7 nitrogen and oxygen atoms in total. The van der Waals surface area contributed by atoms with Gasteiger partial charge in [0.1, 0.15) is 5.75 Å². The van der Waals surface area contributed by atoms with Gasteiger partial charge >= 0.3 is 5.97 Å². The zero-order valence-electron chi connectivity index (χ0n) is 14.9. The van der Waals surface area contributed by atoms with Gasteiger partial charge in [0.05, 0.1) is 16.3 Å². The Morgan fingerprint density at radius 2 is 1.74 bits per heavy atom. The number of hydrogen-bond donors (Lipinski definition) is 2. The molecular weight excluding hydrogens is 372 g/mol. The average Bonchev–Trinajstić information content (AvgIpc) is 2.61. The molecule has 2 amide bonds. The van der Waals surface area contributed by atoms with E-state index in [1.807, 2.05) is 19.9 Å². The highest BCUT2D eigenvalue weighted by Crippen LogP contribution is 2.27. The molecule has 2 aromatic rings. The Balaban J connectivity index is 1.89. The Morgan fingerprint density at radius 3 is 2.33 bits per heavy atom. The van der Waals surface area contributed by atoms with Crippen LogP contribution in [0.25, 0.3) is 0 Å². The second kappa shape index (κ2) is 9.05. The maximum atomic E-state index is 12.0. The van der Waals surface area contributed by atoms with Crippen molar-refractivity contribution in [2.45, 2.75) is 13.8 Å². The van der Waals surface area contributed by atoms with E-state index in [0.717, 1.165) is 11.1 Å². The summed E-state index contributed by atoms with van der Waals surface area (Å²) in [5, 5.41) is 3.05. The van der Waals surface area contributed by atoms with Crippen LogP contribution in [0.2, 0.25) is 5.02 Å². The summed E-state index contributed by atoms with van der Waals surface area (Å²) in [6.45, 7) is 3.01. The molecule has 0 saturated heterocycles. The van der Waals surface area contributed by atoms with Crippen LogP contribution in [-0.4, -0.2) is 31.0 Å². The summed E-state index contributed by atoms with van der Waals surface area (Å²) in [5.41, 5.74) is 7.49. The quantitative estimate of drug-likeness (QED) is 0.706. The number of anilines is 1. The lowest BCUT2D eigenvalue weighted by atomic mass is 10.1. The Bertz CT molecular complexity index is 842. The summed E-state index contributed by atoms with van der Waals surface area (Å²) in [5.74, 6) is -1.39. The van der Waals surface area contributed by atoms with Gasteiger partial charge in [-0.1, -0.05) is 17.7 Å². The van der Waals surface area contributed by atoms with Crippen molar-refractivity contribution >= 4 is 35.1 Å². The third-order valence-corrected chi connectivity index (χ3v) is 3.80. The lowest BCUT2D eigenvalue weighted by Gasteiger charge is -2.12. The van der Waals surface area contributed by atoms with Gasteiger partial charge < -0.3 is 20.5 Å². The molecule has 0 unspecified atom stereocenters. The average molecular weight is 391 g/mol. The number of carbonyl (C=O) groups is 3. The highest BCUT2D eigenvalue weighted by Gasteiger charge is 2.13. The van der Waals surface area contributed by atoms with Crippen LogP contribution < -0.4 is 15.8 Å².